The Balaban J connectivity index is 1.54. The van der Waals surface area contributed by atoms with Gasteiger partial charge < -0.3 is 15.0 Å². The lowest BCUT2D eigenvalue weighted by molar-refractivity contribution is -0.385. The van der Waals surface area contributed by atoms with E-state index >= 15 is 0 Å². The van der Waals surface area contributed by atoms with Crippen molar-refractivity contribution >= 4 is 29.1 Å². The predicted octanol–water partition coefficient (Wildman–Crippen LogP) is 2.63. The van der Waals surface area contributed by atoms with Crippen molar-refractivity contribution < 1.29 is 19.2 Å². The summed E-state index contributed by atoms with van der Waals surface area (Å²) in [5, 5.41) is 13.8. The summed E-state index contributed by atoms with van der Waals surface area (Å²) in [4.78, 5) is 43.4. The van der Waals surface area contributed by atoms with Crippen molar-refractivity contribution in [3.8, 4) is 0 Å². The van der Waals surface area contributed by atoms with Crippen molar-refractivity contribution in [1.82, 2.24) is 9.88 Å². The van der Waals surface area contributed by atoms with Crippen molar-refractivity contribution in [1.29, 1.82) is 0 Å². The highest BCUT2D eigenvalue weighted by atomic mass is 16.6. The standard InChI is InChI=1S/C22H27N5O5/c1-3-32-22(29)17-6-8-20(23-14-17)26-10-4-9-25(11-12-26)15-21(28)24-18-7-5-16(2)19(13-18)27(30)31/h5-8,13-14H,3-4,9-12,15H2,1-2H3,(H,24,28). The second kappa shape index (κ2) is 10.7. The number of carbonyl (C=O) groups excluding carboxylic acids is 2. The van der Waals surface area contributed by atoms with Gasteiger partial charge in [-0.05, 0) is 38.5 Å². The van der Waals surface area contributed by atoms with Gasteiger partial charge in [0.2, 0.25) is 5.91 Å². The molecule has 1 aromatic heterocycles. The van der Waals surface area contributed by atoms with Crippen molar-refractivity contribution in [2.24, 2.45) is 0 Å². The molecule has 2 aromatic rings. The monoisotopic (exact) mass is 441 g/mol. The molecular formula is C22H27N5O5. The van der Waals surface area contributed by atoms with Gasteiger partial charge in [0, 0.05) is 49.7 Å². The van der Waals surface area contributed by atoms with Crippen molar-refractivity contribution in [3.05, 3.63) is 57.8 Å². The van der Waals surface area contributed by atoms with Crippen LogP contribution in [0.3, 0.4) is 0 Å². The van der Waals surface area contributed by atoms with E-state index in [1.165, 1.54) is 12.3 Å². The summed E-state index contributed by atoms with van der Waals surface area (Å²) < 4.78 is 4.98. The molecule has 1 aliphatic heterocycles. The van der Waals surface area contributed by atoms with Gasteiger partial charge in [-0.1, -0.05) is 6.07 Å². The van der Waals surface area contributed by atoms with Crippen LogP contribution in [0.15, 0.2) is 36.5 Å². The van der Waals surface area contributed by atoms with Gasteiger partial charge in [0.1, 0.15) is 5.82 Å². The summed E-state index contributed by atoms with van der Waals surface area (Å²) in [6.45, 7) is 6.83. The first-order valence-electron chi connectivity index (χ1n) is 10.5. The number of anilines is 2. The van der Waals surface area contributed by atoms with Crippen LogP contribution < -0.4 is 10.2 Å². The molecule has 1 amide bonds. The fourth-order valence-electron chi connectivity index (χ4n) is 3.55. The summed E-state index contributed by atoms with van der Waals surface area (Å²) >= 11 is 0. The van der Waals surface area contributed by atoms with Gasteiger partial charge in [0.05, 0.1) is 23.6 Å². The van der Waals surface area contributed by atoms with Crippen LogP contribution in [0, 0.1) is 17.0 Å². The van der Waals surface area contributed by atoms with Crippen LogP contribution in [0.2, 0.25) is 0 Å². The molecule has 0 atom stereocenters. The number of aryl methyl sites for hydroxylation is 1. The number of nitrogens with zero attached hydrogens (tertiary/aromatic N) is 4. The molecule has 3 rings (SSSR count). The van der Waals surface area contributed by atoms with E-state index in [2.05, 4.69) is 15.2 Å². The number of pyridine rings is 1. The average Bonchev–Trinajstić information content (AvgIpc) is 3.00. The fourth-order valence-corrected chi connectivity index (χ4v) is 3.55. The van der Waals surface area contributed by atoms with Crippen LogP contribution in [-0.4, -0.2) is 66.0 Å². The lowest BCUT2D eigenvalue weighted by Gasteiger charge is -2.22. The second-order valence-corrected chi connectivity index (χ2v) is 7.55. The number of ether oxygens (including phenoxy) is 1. The smallest absolute Gasteiger partial charge is 0.339 e. The highest BCUT2D eigenvalue weighted by Gasteiger charge is 2.19. The third-order valence-corrected chi connectivity index (χ3v) is 5.23. The molecule has 0 aliphatic carbocycles. The zero-order chi connectivity index (χ0) is 23.1. The Kier molecular flexibility index (Phi) is 7.72. The van der Waals surface area contributed by atoms with E-state index in [1.54, 1.807) is 38.1 Å². The first-order chi connectivity index (χ1) is 15.4. The van der Waals surface area contributed by atoms with E-state index in [0.717, 1.165) is 25.3 Å². The van der Waals surface area contributed by atoms with Crippen molar-refractivity contribution in [2.45, 2.75) is 20.3 Å². The minimum Gasteiger partial charge on any atom is -0.462 e. The molecule has 170 valence electrons. The van der Waals surface area contributed by atoms with E-state index in [-0.39, 0.29) is 18.1 Å². The number of benzene rings is 1. The summed E-state index contributed by atoms with van der Waals surface area (Å²) in [5.74, 6) is 0.170. The minimum atomic E-state index is -0.457. The number of carbonyl (C=O) groups is 2. The Morgan fingerprint density at radius 2 is 2.00 bits per heavy atom. The van der Waals surface area contributed by atoms with Gasteiger partial charge >= 0.3 is 5.97 Å². The number of hydrogen-bond acceptors (Lipinski definition) is 8. The Labute approximate surface area is 186 Å². The number of hydrogen-bond donors (Lipinski definition) is 1. The van der Waals surface area contributed by atoms with Crippen molar-refractivity contribution in [3.63, 3.8) is 0 Å². The highest BCUT2D eigenvalue weighted by Crippen LogP contribution is 2.22. The molecule has 10 nitrogen and oxygen atoms in total. The molecule has 0 saturated carbocycles. The van der Waals surface area contributed by atoms with Gasteiger partial charge in [-0.15, -0.1) is 0 Å². The number of amides is 1. The van der Waals surface area contributed by atoms with Crippen LogP contribution >= 0.6 is 0 Å². The van der Waals surface area contributed by atoms with E-state index < -0.39 is 10.9 Å². The lowest BCUT2D eigenvalue weighted by atomic mass is 10.2. The predicted molar refractivity (Wildman–Crippen MR) is 120 cm³/mol. The summed E-state index contributed by atoms with van der Waals surface area (Å²) in [6.07, 6.45) is 2.37. The molecule has 1 fully saturated rings. The van der Waals surface area contributed by atoms with Crippen molar-refractivity contribution in [2.75, 3.05) is 49.5 Å². The van der Waals surface area contributed by atoms with Gasteiger partial charge in [0.15, 0.2) is 0 Å². The number of esters is 1. The maximum Gasteiger partial charge on any atom is 0.339 e. The molecule has 1 saturated heterocycles. The fraction of sp³-hybridized carbons (Fsp3) is 0.409. The van der Waals surface area contributed by atoms with E-state index in [4.69, 9.17) is 4.74 Å². The summed E-state index contributed by atoms with van der Waals surface area (Å²) in [5.41, 5.74) is 1.36. The molecule has 2 heterocycles. The second-order valence-electron chi connectivity index (χ2n) is 7.55. The lowest BCUT2D eigenvalue weighted by Crippen LogP contribution is -2.36. The molecule has 32 heavy (non-hydrogen) atoms. The van der Waals surface area contributed by atoms with Crippen LogP contribution in [-0.2, 0) is 9.53 Å². The first-order valence-corrected chi connectivity index (χ1v) is 10.5. The number of rotatable bonds is 7. The summed E-state index contributed by atoms with van der Waals surface area (Å²) in [6, 6.07) is 8.17. The Morgan fingerprint density at radius 3 is 2.69 bits per heavy atom. The molecule has 1 N–H and O–H groups in total. The quantitative estimate of drug-likeness (QED) is 0.396. The van der Waals surface area contributed by atoms with Gasteiger partial charge in [0.25, 0.3) is 5.69 Å². The molecule has 0 spiro atoms. The minimum absolute atomic E-state index is 0.0188. The number of nitro groups is 1. The molecular weight excluding hydrogens is 414 g/mol. The van der Waals surface area contributed by atoms with E-state index in [9.17, 15) is 19.7 Å². The Morgan fingerprint density at radius 1 is 1.19 bits per heavy atom. The zero-order valence-electron chi connectivity index (χ0n) is 18.2. The van der Waals surface area contributed by atoms with Crippen LogP contribution in [0.25, 0.3) is 0 Å². The molecule has 1 aromatic carbocycles. The number of aromatic nitrogens is 1. The van der Waals surface area contributed by atoms with Crippen LogP contribution in [0.4, 0.5) is 17.2 Å². The first kappa shape index (κ1) is 23.1. The SMILES string of the molecule is CCOC(=O)c1ccc(N2CCCN(CC(=O)Nc3ccc(C)c([N+](=O)[O-])c3)CC2)nc1. The Hall–Kier alpha value is -3.53. The number of nitro benzene ring substituents is 1. The molecule has 10 heteroatoms. The highest BCUT2D eigenvalue weighted by molar-refractivity contribution is 5.92. The van der Waals surface area contributed by atoms with E-state index in [0.29, 0.717) is 36.5 Å². The normalized spacial score (nSPS) is 14.5. The maximum absolute atomic E-state index is 12.5. The molecule has 0 unspecified atom stereocenters. The average molecular weight is 441 g/mol. The van der Waals surface area contributed by atoms with E-state index in [1.807, 2.05) is 4.90 Å². The topological polar surface area (TPSA) is 118 Å². The van der Waals surface area contributed by atoms with Crippen LogP contribution in [0.1, 0.15) is 29.3 Å². The van der Waals surface area contributed by atoms with Crippen LogP contribution in [0.5, 0.6) is 0 Å². The summed E-state index contributed by atoms with van der Waals surface area (Å²) in [7, 11) is 0. The third kappa shape index (κ3) is 6.01. The molecule has 1 aliphatic rings. The zero-order valence-corrected chi connectivity index (χ0v) is 18.2. The number of nitrogens with one attached hydrogen (secondary N) is 1. The largest absolute Gasteiger partial charge is 0.462 e. The Bertz CT molecular complexity index is 979. The molecule has 0 bridgehead atoms. The van der Waals surface area contributed by atoms with Gasteiger partial charge in [-0.3, -0.25) is 19.8 Å². The van der Waals surface area contributed by atoms with Gasteiger partial charge in [-0.2, -0.15) is 0 Å². The van der Waals surface area contributed by atoms with Gasteiger partial charge in [-0.25, -0.2) is 9.78 Å². The molecule has 0 radical (unpaired) electrons. The third-order valence-electron chi connectivity index (χ3n) is 5.23. The maximum atomic E-state index is 12.5.